The number of carbonyl (C=O) groups is 1. The van der Waals surface area contributed by atoms with Gasteiger partial charge < -0.3 is 4.90 Å². The number of amides is 1. The molecule has 2 aromatic carbocycles. The standard InChI is InChI=1S/C22H17FN4O2/c23-16-8-10-18(11-9-16)26(14-17-5-3-4-12-24-17)22(29)15-27-20-7-2-1-6-19(20)21(28)13-25-27/h1-13H,14-15H2. The average molecular weight is 388 g/mol. The minimum absolute atomic E-state index is 0.0784. The van der Waals surface area contributed by atoms with Crippen LogP contribution in [0.4, 0.5) is 10.1 Å². The zero-order valence-electron chi connectivity index (χ0n) is 15.4. The SMILES string of the molecule is O=C(Cn1ncc(=O)c2ccccc21)N(Cc1ccccn1)c1ccc(F)cc1. The summed E-state index contributed by atoms with van der Waals surface area (Å²) in [6.45, 7) is 0.147. The number of halogens is 1. The molecule has 0 aliphatic heterocycles. The van der Waals surface area contributed by atoms with E-state index in [0.717, 1.165) is 0 Å². The number of pyridine rings is 1. The Morgan fingerprint density at radius 2 is 1.76 bits per heavy atom. The van der Waals surface area contributed by atoms with Gasteiger partial charge in [-0.3, -0.25) is 19.3 Å². The van der Waals surface area contributed by atoms with Gasteiger partial charge in [0.15, 0.2) is 0 Å². The molecule has 144 valence electrons. The van der Waals surface area contributed by atoms with Crippen molar-refractivity contribution in [2.45, 2.75) is 13.1 Å². The van der Waals surface area contributed by atoms with Crippen molar-refractivity contribution in [3.05, 3.63) is 101 Å². The number of para-hydroxylation sites is 1. The van der Waals surface area contributed by atoms with Crippen molar-refractivity contribution in [2.75, 3.05) is 4.90 Å². The minimum atomic E-state index is -0.382. The third kappa shape index (κ3) is 4.03. The van der Waals surface area contributed by atoms with Crippen LogP contribution in [-0.2, 0) is 17.9 Å². The highest BCUT2D eigenvalue weighted by molar-refractivity contribution is 5.93. The van der Waals surface area contributed by atoms with Crippen LogP contribution in [0.3, 0.4) is 0 Å². The second kappa shape index (κ2) is 8.02. The zero-order chi connectivity index (χ0) is 20.2. The molecule has 0 radical (unpaired) electrons. The number of benzene rings is 2. The van der Waals surface area contributed by atoms with Crippen molar-refractivity contribution in [1.82, 2.24) is 14.8 Å². The Balaban J connectivity index is 1.69. The highest BCUT2D eigenvalue weighted by Gasteiger charge is 2.19. The maximum Gasteiger partial charge on any atom is 0.249 e. The number of aromatic nitrogens is 3. The van der Waals surface area contributed by atoms with E-state index in [4.69, 9.17) is 0 Å². The van der Waals surface area contributed by atoms with Crippen LogP contribution in [0.25, 0.3) is 10.9 Å². The number of rotatable bonds is 5. The molecule has 7 heteroatoms. The molecule has 0 aliphatic carbocycles. The first-order valence-corrected chi connectivity index (χ1v) is 9.02. The van der Waals surface area contributed by atoms with Gasteiger partial charge in [-0.05, 0) is 48.5 Å². The van der Waals surface area contributed by atoms with Crippen LogP contribution >= 0.6 is 0 Å². The molecule has 1 amide bonds. The Hall–Kier alpha value is -3.87. The minimum Gasteiger partial charge on any atom is -0.305 e. The normalized spacial score (nSPS) is 10.8. The van der Waals surface area contributed by atoms with Gasteiger partial charge in [0.1, 0.15) is 12.4 Å². The summed E-state index contributed by atoms with van der Waals surface area (Å²) in [7, 11) is 0. The van der Waals surface area contributed by atoms with Gasteiger partial charge in [-0.15, -0.1) is 0 Å². The van der Waals surface area contributed by atoms with Crippen molar-refractivity contribution in [2.24, 2.45) is 0 Å². The van der Waals surface area contributed by atoms with Crippen LogP contribution in [0.5, 0.6) is 0 Å². The molecule has 0 atom stereocenters. The van der Waals surface area contributed by atoms with E-state index < -0.39 is 0 Å². The van der Waals surface area contributed by atoms with Gasteiger partial charge in [0, 0.05) is 17.3 Å². The van der Waals surface area contributed by atoms with E-state index in [1.807, 2.05) is 12.1 Å². The Labute approximate surface area is 165 Å². The number of hydrogen-bond donors (Lipinski definition) is 0. The number of carbonyl (C=O) groups excluding carboxylic acids is 1. The van der Waals surface area contributed by atoms with Gasteiger partial charge in [0.25, 0.3) is 0 Å². The predicted molar refractivity (Wildman–Crippen MR) is 108 cm³/mol. The summed E-state index contributed by atoms with van der Waals surface area (Å²) in [6.07, 6.45) is 2.86. The fourth-order valence-corrected chi connectivity index (χ4v) is 3.10. The van der Waals surface area contributed by atoms with Gasteiger partial charge in [-0.2, -0.15) is 5.10 Å². The second-order valence-corrected chi connectivity index (χ2v) is 6.46. The Kier molecular flexibility index (Phi) is 5.11. The molecule has 2 heterocycles. The Bertz CT molecular complexity index is 1210. The molecular formula is C22H17FN4O2. The van der Waals surface area contributed by atoms with Crippen molar-refractivity contribution >= 4 is 22.5 Å². The van der Waals surface area contributed by atoms with Gasteiger partial charge in [0.2, 0.25) is 11.3 Å². The van der Waals surface area contributed by atoms with E-state index in [-0.39, 0.29) is 30.2 Å². The fourth-order valence-electron chi connectivity index (χ4n) is 3.10. The average Bonchev–Trinajstić information content (AvgIpc) is 2.76. The van der Waals surface area contributed by atoms with Crippen molar-refractivity contribution in [1.29, 1.82) is 0 Å². The molecule has 0 unspecified atom stereocenters. The summed E-state index contributed by atoms with van der Waals surface area (Å²) < 4.78 is 14.9. The highest BCUT2D eigenvalue weighted by atomic mass is 19.1. The summed E-state index contributed by atoms with van der Waals surface area (Å²) in [5, 5.41) is 4.62. The van der Waals surface area contributed by atoms with Crippen LogP contribution < -0.4 is 10.3 Å². The van der Waals surface area contributed by atoms with Gasteiger partial charge in [-0.1, -0.05) is 18.2 Å². The molecule has 0 bridgehead atoms. The fraction of sp³-hybridized carbons (Fsp3) is 0.0909. The summed E-state index contributed by atoms with van der Waals surface area (Å²) in [6, 6.07) is 18.2. The van der Waals surface area contributed by atoms with E-state index in [1.54, 1.807) is 48.7 Å². The van der Waals surface area contributed by atoms with Gasteiger partial charge in [-0.25, -0.2) is 4.39 Å². The predicted octanol–water partition coefficient (Wildman–Crippen LogP) is 3.16. The quantitative estimate of drug-likeness (QED) is 0.527. The maximum atomic E-state index is 13.4. The smallest absolute Gasteiger partial charge is 0.249 e. The lowest BCUT2D eigenvalue weighted by molar-refractivity contribution is -0.119. The monoisotopic (exact) mass is 388 g/mol. The third-order valence-electron chi connectivity index (χ3n) is 4.53. The van der Waals surface area contributed by atoms with E-state index in [9.17, 15) is 14.0 Å². The van der Waals surface area contributed by atoms with Crippen LogP contribution in [0.1, 0.15) is 5.69 Å². The second-order valence-electron chi connectivity index (χ2n) is 6.46. The maximum absolute atomic E-state index is 13.4. The first kappa shape index (κ1) is 18.5. The number of nitrogens with zero attached hydrogens (tertiary/aromatic N) is 4. The molecule has 0 saturated carbocycles. The number of fused-ring (bicyclic) bond motifs is 1. The van der Waals surface area contributed by atoms with Crippen molar-refractivity contribution in [3.8, 4) is 0 Å². The summed E-state index contributed by atoms with van der Waals surface area (Å²) in [5.74, 6) is -0.643. The largest absolute Gasteiger partial charge is 0.305 e. The first-order valence-electron chi connectivity index (χ1n) is 9.02. The lowest BCUT2D eigenvalue weighted by atomic mass is 10.2. The topological polar surface area (TPSA) is 68.1 Å². The van der Waals surface area contributed by atoms with Crippen LogP contribution in [0.15, 0.2) is 83.9 Å². The van der Waals surface area contributed by atoms with E-state index >= 15 is 0 Å². The summed E-state index contributed by atoms with van der Waals surface area (Å²) >= 11 is 0. The van der Waals surface area contributed by atoms with Gasteiger partial charge in [0.05, 0.1) is 24.0 Å². The molecule has 0 spiro atoms. The lowest BCUT2D eigenvalue weighted by Gasteiger charge is -2.23. The van der Waals surface area contributed by atoms with E-state index in [0.29, 0.717) is 22.3 Å². The Morgan fingerprint density at radius 1 is 1.00 bits per heavy atom. The summed E-state index contributed by atoms with van der Waals surface area (Å²) in [4.78, 5) is 31.0. The first-order chi connectivity index (χ1) is 14.1. The molecule has 29 heavy (non-hydrogen) atoms. The molecule has 0 fully saturated rings. The van der Waals surface area contributed by atoms with Crippen LogP contribution in [-0.4, -0.2) is 20.7 Å². The summed E-state index contributed by atoms with van der Waals surface area (Å²) in [5.41, 5.74) is 1.62. The Morgan fingerprint density at radius 3 is 2.52 bits per heavy atom. The van der Waals surface area contributed by atoms with Crippen LogP contribution in [0, 0.1) is 5.82 Å². The van der Waals surface area contributed by atoms with Crippen molar-refractivity contribution in [3.63, 3.8) is 0 Å². The molecule has 6 nitrogen and oxygen atoms in total. The molecule has 2 aromatic heterocycles. The van der Waals surface area contributed by atoms with Gasteiger partial charge >= 0.3 is 0 Å². The lowest BCUT2D eigenvalue weighted by Crippen LogP contribution is -2.34. The molecule has 0 saturated heterocycles. The van der Waals surface area contributed by atoms with E-state index in [2.05, 4.69) is 10.1 Å². The zero-order valence-corrected chi connectivity index (χ0v) is 15.4. The molecule has 4 aromatic rings. The van der Waals surface area contributed by atoms with Crippen LogP contribution in [0.2, 0.25) is 0 Å². The third-order valence-corrected chi connectivity index (χ3v) is 4.53. The number of hydrogen-bond acceptors (Lipinski definition) is 4. The molecular weight excluding hydrogens is 371 g/mol. The number of anilines is 1. The highest BCUT2D eigenvalue weighted by Crippen LogP contribution is 2.19. The molecule has 0 aliphatic rings. The molecule has 0 N–H and O–H groups in total. The molecule has 4 rings (SSSR count). The van der Waals surface area contributed by atoms with E-state index in [1.165, 1.54) is 27.9 Å². The van der Waals surface area contributed by atoms with Crippen molar-refractivity contribution < 1.29 is 9.18 Å².